The molecule has 7 nitrogen and oxygen atoms in total. The first kappa shape index (κ1) is 28.9. The normalized spacial score (nSPS) is 13.4. The van der Waals surface area contributed by atoms with Gasteiger partial charge in [-0.1, -0.05) is 36.4 Å². The van der Waals surface area contributed by atoms with Crippen molar-refractivity contribution < 1.29 is 28.9 Å². The minimum absolute atomic E-state index is 0.198. The number of carboxylic acid groups (broad SMARTS) is 1. The molecule has 42 heavy (non-hydrogen) atoms. The molecule has 2 unspecified atom stereocenters. The number of carbonyl (C=O) groups is 1. The number of rotatable bonds is 9. The highest BCUT2D eigenvalue weighted by atomic mass is 19.1. The van der Waals surface area contributed by atoms with Gasteiger partial charge in [0.2, 0.25) is 0 Å². The van der Waals surface area contributed by atoms with E-state index in [2.05, 4.69) is 0 Å². The van der Waals surface area contributed by atoms with Crippen LogP contribution in [0.25, 0.3) is 44.7 Å². The van der Waals surface area contributed by atoms with Crippen molar-refractivity contribution in [3.8, 4) is 16.8 Å². The number of nitrogens with zero attached hydrogens (tertiary/aromatic N) is 2. The van der Waals surface area contributed by atoms with Crippen LogP contribution in [0.2, 0.25) is 0 Å². The molecule has 0 bridgehead atoms. The predicted molar refractivity (Wildman–Crippen MR) is 159 cm³/mol. The Kier molecular flexibility index (Phi) is 8.06. The minimum atomic E-state index is -1.25. The molecule has 0 radical (unpaired) electrons. The van der Waals surface area contributed by atoms with Gasteiger partial charge in [0, 0.05) is 40.2 Å². The topological polar surface area (TPSA) is 105 Å². The zero-order valence-corrected chi connectivity index (χ0v) is 23.0. The Labute approximate surface area is 240 Å². The predicted octanol–water partition coefficient (Wildman–Crippen LogP) is 6.07. The van der Waals surface area contributed by atoms with Crippen LogP contribution >= 0.6 is 0 Å². The zero-order valence-electron chi connectivity index (χ0n) is 23.0. The molecule has 2 heterocycles. The van der Waals surface area contributed by atoms with Gasteiger partial charge < -0.3 is 19.9 Å². The number of aromatic nitrogens is 2. The second kappa shape index (κ2) is 11.7. The van der Waals surface area contributed by atoms with Crippen molar-refractivity contribution in [3.05, 3.63) is 107 Å². The van der Waals surface area contributed by atoms with Crippen molar-refractivity contribution in [2.45, 2.75) is 44.9 Å². The van der Waals surface area contributed by atoms with Gasteiger partial charge in [-0.15, -0.1) is 0 Å². The molecule has 3 aromatic carbocycles. The van der Waals surface area contributed by atoms with Crippen molar-refractivity contribution in [2.24, 2.45) is 0 Å². The van der Waals surface area contributed by atoms with Gasteiger partial charge in [0.1, 0.15) is 17.2 Å². The van der Waals surface area contributed by atoms with Gasteiger partial charge in [-0.2, -0.15) is 0 Å². The summed E-state index contributed by atoms with van der Waals surface area (Å²) in [6.07, 6.45) is -0.0311. The molecule has 3 N–H and O–H groups in total. The summed E-state index contributed by atoms with van der Waals surface area (Å²) < 4.78 is 31.2. The van der Waals surface area contributed by atoms with E-state index in [0.717, 1.165) is 5.39 Å². The molecule has 0 fully saturated rings. The maximum atomic E-state index is 14.4. The van der Waals surface area contributed by atoms with E-state index in [1.54, 1.807) is 18.2 Å². The molecule has 9 heteroatoms. The van der Waals surface area contributed by atoms with Crippen LogP contribution in [0.4, 0.5) is 8.78 Å². The number of aliphatic hydroxyl groups is 2. The number of pyridine rings is 1. The molecule has 0 saturated heterocycles. The van der Waals surface area contributed by atoms with E-state index in [9.17, 15) is 28.6 Å². The van der Waals surface area contributed by atoms with Crippen LogP contribution in [0.1, 0.15) is 38.4 Å². The fraction of sp³-hybridized carbons (Fsp3) is 0.212. The molecule has 0 saturated carbocycles. The number of fused-ring (bicyclic) bond motifs is 3. The molecule has 5 aromatic rings. The summed E-state index contributed by atoms with van der Waals surface area (Å²) >= 11 is 0. The molecule has 216 valence electrons. The molecule has 5 rings (SSSR count). The van der Waals surface area contributed by atoms with E-state index in [-0.39, 0.29) is 18.0 Å². The van der Waals surface area contributed by atoms with Crippen molar-refractivity contribution >= 4 is 33.9 Å². The van der Waals surface area contributed by atoms with Gasteiger partial charge in [0.05, 0.1) is 24.1 Å². The lowest BCUT2D eigenvalue weighted by molar-refractivity contribution is -0.139. The number of para-hydroxylation sites is 1. The Morgan fingerprint density at radius 3 is 2.17 bits per heavy atom. The number of aliphatic carboxylic acids is 1. The highest BCUT2D eigenvalue weighted by molar-refractivity contribution is 6.15. The molecular weight excluding hydrogens is 542 g/mol. The molecule has 2 atom stereocenters. The lowest BCUT2D eigenvalue weighted by Crippen LogP contribution is -2.22. The molecule has 0 aliphatic heterocycles. The number of halogens is 2. The largest absolute Gasteiger partial charge is 0.481 e. The van der Waals surface area contributed by atoms with E-state index in [0.29, 0.717) is 38.9 Å². The van der Waals surface area contributed by atoms with E-state index < -0.39 is 36.2 Å². The summed E-state index contributed by atoms with van der Waals surface area (Å²) in [5, 5.41) is 31.0. The second-order valence-corrected chi connectivity index (χ2v) is 10.5. The second-order valence-electron chi connectivity index (χ2n) is 10.5. The van der Waals surface area contributed by atoms with E-state index in [4.69, 9.17) is 5.11 Å². The van der Waals surface area contributed by atoms with E-state index in [1.807, 2.05) is 42.7 Å². The summed E-state index contributed by atoms with van der Waals surface area (Å²) in [5.41, 5.74) is 2.96. The number of benzene rings is 3. The number of carboxylic acids is 1. The molecular formula is C33H30F2N2O5. The van der Waals surface area contributed by atoms with Crippen molar-refractivity contribution in [1.29, 1.82) is 0 Å². The number of aliphatic hydroxyl groups excluding tert-OH is 2. The molecule has 0 aliphatic rings. The highest BCUT2D eigenvalue weighted by Gasteiger charge is 2.26. The van der Waals surface area contributed by atoms with Gasteiger partial charge in [-0.05, 0) is 68.0 Å². The lowest BCUT2D eigenvalue weighted by atomic mass is 9.98. The third kappa shape index (κ3) is 5.48. The van der Waals surface area contributed by atoms with Crippen LogP contribution in [0.3, 0.4) is 0 Å². The molecule has 0 spiro atoms. The van der Waals surface area contributed by atoms with Gasteiger partial charge >= 0.3 is 5.97 Å². The fourth-order valence-electron chi connectivity index (χ4n) is 5.48. The Balaban J connectivity index is 1.86. The van der Waals surface area contributed by atoms with Gasteiger partial charge in [-0.25, -0.2) is 8.78 Å². The van der Waals surface area contributed by atoms with Crippen molar-refractivity contribution in [2.75, 3.05) is 0 Å². The van der Waals surface area contributed by atoms with Crippen molar-refractivity contribution in [1.82, 2.24) is 9.13 Å². The third-order valence-electron chi connectivity index (χ3n) is 7.20. The van der Waals surface area contributed by atoms with Crippen LogP contribution < -0.4 is 5.56 Å². The Morgan fingerprint density at radius 2 is 1.55 bits per heavy atom. The SMILES string of the molecule is CC(C)n1c(C=CC(O)CC(O)CC(=O)O)c(-c2ccc(F)cc2)c2c3ccccc3n(-c3ccc(F)cc3)c(=O)c21. The van der Waals surface area contributed by atoms with Crippen LogP contribution in [0, 0.1) is 11.6 Å². The summed E-state index contributed by atoms with van der Waals surface area (Å²) in [4.78, 5) is 25.4. The number of hydrogen-bond acceptors (Lipinski definition) is 4. The standard InChI is InChI=1S/C33H30F2N2O5/c1-19(2)36-28(16-15-24(38)17-25(39)18-29(40)41)30(20-7-9-21(34)10-8-20)31-26-5-3-4-6-27(26)37(33(42)32(31)36)23-13-11-22(35)12-14-23/h3-16,19,24-25,38-39H,17-18H2,1-2H3,(H,40,41). The number of hydrogen-bond donors (Lipinski definition) is 3. The maximum Gasteiger partial charge on any atom is 0.305 e. The van der Waals surface area contributed by atoms with Crippen LogP contribution in [-0.2, 0) is 4.79 Å². The average Bonchev–Trinajstić information content (AvgIpc) is 3.29. The summed E-state index contributed by atoms with van der Waals surface area (Å²) in [7, 11) is 0. The first-order valence-electron chi connectivity index (χ1n) is 13.6. The lowest BCUT2D eigenvalue weighted by Gasteiger charge is -2.16. The third-order valence-corrected chi connectivity index (χ3v) is 7.20. The Hall–Kier alpha value is -4.60. The van der Waals surface area contributed by atoms with Gasteiger partial charge in [-0.3, -0.25) is 14.2 Å². The zero-order chi connectivity index (χ0) is 30.1. The smallest absolute Gasteiger partial charge is 0.305 e. The monoisotopic (exact) mass is 572 g/mol. The van der Waals surface area contributed by atoms with Crippen LogP contribution in [0.5, 0.6) is 0 Å². The van der Waals surface area contributed by atoms with E-state index in [1.165, 1.54) is 47.0 Å². The highest BCUT2D eigenvalue weighted by Crippen LogP contribution is 2.40. The maximum absolute atomic E-state index is 14.4. The summed E-state index contributed by atoms with van der Waals surface area (Å²) in [6.45, 7) is 3.82. The molecule has 2 aromatic heterocycles. The average molecular weight is 573 g/mol. The fourth-order valence-corrected chi connectivity index (χ4v) is 5.48. The minimum Gasteiger partial charge on any atom is -0.481 e. The Bertz CT molecular complexity index is 1860. The Morgan fingerprint density at radius 1 is 0.929 bits per heavy atom. The molecule has 0 aliphatic carbocycles. The van der Waals surface area contributed by atoms with Crippen LogP contribution in [-0.4, -0.2) is 42.6 Å². The summed E-state index contributed by atoms with van der Waals surface area (Å²) in [6, 6.07) is 18.7. The van der Waals surface area contributed by atoms with E-state index >= 15 is 0 Å². The first-order valence-corrected chi connectivity index (χ1v) is 13.6. The van der Waals surface area contributed by atoms with Gasteiger partial charge in [0.25, 0.3) is 5.56 Å². The quantitative estimate of drug-likeness (QED) is 0.199. The first-order chi connectivity index (χ1) is 20.1. The summed E-state index contributed by atoms with van der Waals surface area (Å²) in [5.74, 6) is -2.03. The molecule has 0 amide bonds. The van der Waals surface area contributed by atoms with Gasteiger partial charge in [0.15, 0.2) is 0 Å². The van der Waals surface area contributed by atoms with Crippen LogP contribution in [0.15, 0.2) is 83.7 Å². The van der Waals surface area contributed by atoms with Crippen molar-refractivity contribution in [3.63, 3.8) is 0 Å².